The van der Waals surface area contributed by atoms with Crippen LogP contribution in [0.2, 0.25) is 0 Å². The first kappa shape index (κ1) is 12.4. The molecule has 0 radical (unpaired) electrons. The molecule has 2 rings (SSSR count). The summed E-state index contributed by atoms with van der Waals surface area (Å²) in [5, 5.41) is 8.96. The SMILES string of the molecule is CCN(CC)C1CCN(c2nc(CO)co2)C1. The van der Waals surface area contributed by atoms with Crippen molar-refractivity contribution >= 4 is 6.01 Å². The maximum Gasteiger partial charge on any atom is 0.297 e. The number of anilines is 1. The topological polar surface area (TPSA) is 52.7 Å². The van der Waals surface area contributed by atoms with Gasteiger partial charge in [-0.3, -0.25) is 4.90 Å². The monoisotopic (exact) mass is 239 g/mol. The first-order valence-electron chi connectivity index (χ1n) is 6.32. The molecule has 1 N–H and O–H groups in total. The van der Waals surface area contributed by atoms with E-state index in [0.717, 1.165) is 32.6 Å². The van der Waals surface area contributed by atoms with Crippen molar-refractivity contribution < 1.29 is 9.52 Å². The average molecular weight is 239 g/mol. The van der Waals surface area contributed by atoms with Crippen LogP contribution in [0.25, 0.3) is 0 Å². The van der Waals surface area contributed by atoms with Crippen LogP contribution in [0.4, 0.5) is 6.01 Å². The molecule has 5 heteroatoms. The first-order chi connectivity index (χ1) is 8.28. The van der Waals surface area contributed by atoms with Gasteiger partial charge in [-0.25, -0.2) is 0 Å². The smallest absolute Gasteiger partial charge is 0.297 e. The van der Waals surface area contributed by atoms with Crippen molar-refractivity contribution in [1.82, 2.24) is 9.88 Å². The number of aliphatic hydroxyl groups excluding tert-OH is 1. The van der Waals surface area contributed by atoms with Gasteiger partial charge < -0.3 is 14.4 Å². The number of likely N-dealkylation sites (N-methyl/N-ethyl adjacent to an activating group) is 1. The number of nitrogens with zero attached hydrogens (tertiary/aromatic N) is 3. The van der Waals surface area contributed by atoms with Gasteiger partial charge in [0.25, 0.3) is 6.01 Å². The fourth-order valence-corrected chi connectivity index (χ4v) is 2.47. The molecule has 0 bridgehead atoms. The Kier molecular flexibility index (Phi) is 4.02. The van der Waals surface area contributed by atoms with E-state index in [2.05, 4.69) is 28.6 Å². The summed E-state index contributed by atoms with van der Waals surface area (Å²) in [5.41, 5.74) is 0.603. The zero-order chi connectivity index (χ0) is 12.3. The zero-order valence-electron chi connectivity index (χ0n) is 10.6. The van der Waals surface area contributed by atoms with Gasteiger partial charge in [0.2, 0.25) is 0 Å². The van der Waals surface area contributed by atoms with Crippen LogP contribution in [0.15, 0.2) is 10.7 Å². The van der Waals surface area contributed by atoms with Crippen LogP contribution in [-0.4, -0.2) is 47.2 Å². The van der Waals surface area contributed by atoms with Gasteiger partial charge >= 0.3 is 0 Å². The number of aliphatic hydroxyl groups is 1. The summed E-state index contributed by atoms with van der Waals surface area (Å²) in [5.74, 6) is 0. The largest absolute Gasteiger partial charge is 0.432 e. The van der Waals surface area contributed by atoms with E-state index in [1.807, 2.05) is 0 Å². The molecule has 1 fully saturated rings. The van der Waals surface area contributed by atoms with Crippen LogP contribution >= 0.6 is 0 Å². The summed E-state index contributed by atoms with van der Waals surface area (Å²) < 4.78 is 5.37. The molecule has 1 aromatic rings. The summed E-state index contributed by atoms with van der Waals surface area (Å²) in [4.78, 5) is 8.87. The molecule has 0 amide bonds. The Balaban J connectivity index is 1.97. The quantitative estimate of drug-likeness (QED) is 0.833. The third-order valence-corrected chi connectivity index (χ3v) is 3.46. The van der Waals surface area contributed by atoms with E-state index in [1.165, 1.54) is 6.26 Å². The molecule has 0 aliphatic carbocycles. The van der Waals surface area contributed by atoms with Crippen molar-refractivity contribution in [3.05, 3.63) is 12.0 Å². The summed E-state index contributed by atoms with van der Waals surface area (Å²) in [6, 6.07) is 1.23. The van der Waals surface area contributed by atoms with Crippen molar-refractivity contribution in [2.45, 2.75) is 32.9 Å². The van der Waals surface area contributed by atoms with Gasteiger partial charge in [-0.15, -0.1) is 0 Å². The molecule has 1 aliphatic rings. The summed E-state index contributed by atoms with van der Waals surface area (Å²) in [6.45, 7) is 8.45. The second-order valence-electron chi connectivity index (χ2n) is 4.39. The minimum absolute atomic E-state index is 0.0587. The van der Waals surface area contributed by atoms with Gasteiger partial charge in [0.1, 0.15) is 12.0 Å². The predicted molar refractivity (Wildman–Crippen MR) is 66.0 cm³/mol. The van der Waals surface area contributed by atoms with Gasteiger partial charge in [-0.2, -0.15) is 4.98 Å². The van der Waals surface area contributed by atoms with E-state index in [4.69, 9.17) is 9.52 Å². The van der Waals surface area contributed by atoms with Gasteiger partial charge in [-0.05, 0) is 19.5 Å². The lowest BCUT2D eigenvalue weighted by Crippen LogP contribution is -2.37. The molecule has 1 unspecified atom stereocenters. The average Bonchev–Trinajstić information content (AvgIpc) is 2.98. The van der Waals surface area contributed by atoms with Gasteiger partial charge in [0.05, 0.1) is 6.61 Å². The number of hydrogen-bond donors (Lipinski definition) is 1. The highest BCUT2D eigenvalue weighted by molar-refractivity contribution is 5.29. The van der Waals surface area contributed by atoms with Crippen molar-refractivity contribution in [1.29, 1.82) is 0 Å². The van der Waals surface area contributed by atoms with E-state index in [0.29, 0.717) is 17.8 Å². The highest BCUT2D eigenvalue weighted by atomic mass is 16.4. The number of aromatic nitrogens is 1. The van der Waals surface area contributed by atoms with Crippen molar-refractivity contribution in [3.63, 3.8) is 0 Å². The maximum absolute atomic E-state index is 8.96. The Morgan fingerprint density at radius 3 is 2.88 bits per heavy atom. The molecule has 1 aliphatic heterocycles. The van der Waals surface area contributed by atoms with Crippen LogP contribution in [0, 0.1) is 0 Å². The van der Waals surface area contributed by atoms with Gasteiger partial charge in [0, 0.05) is 19.1 Å². The lowest BCUT2D eigenvalue weighted by molar-refractivity contribution is 0.232. The summed E-state index contributed by atoms with van der Waals surface area (Å²) in [6.07, 6.45) is 2.68. The van der Waals surface area contributed by atoms with Crippen molar-refractivity contribution in [2.24, 2.45) is 0 Å². The van der Waals surface area contributed by atoms with Crippen LogP contribution < -0.4 is 4.90 Å². The van der Waals surface area contributed by atoms with Gasteiger partial charge in [0.15, 0.2) is 0 Å². The molecular formula is C12H21N3O2. The zero-order valence-corrected chi connectivity index (χ0v) is 10.6. The Labute approximate surface area is 102 Å². The fraction of sp³-hybridized carbons (Fsp3) is 0.750. The lowest BCUT2D eigenvalue weighted by atomic mass is 10.2. The Bertz CT molecular complexity index is 349. The molecule has 17 heavy (non-hydrogen) atoms. The third-order valence-electron chi connectivity index (χ3n) is 3.46. The first-order valence-corrected chi connectivity index (χ1v) is 6.32. The van der Waals surface area contributed by atoms with Crippen LogP contribution in [0.5, 0.6) is 0 Å². The van der Waals surface area contributed by atoms with E-state index >= 15 is 0 Å². The highest BCUT2D eigenvalue weighted by Gasteiger charge is 2.28. The van der Waals surface area contributed by atoms with Crippen LogP contribution in [-0.2, 0) is 6.61 Å². The lowest BCUT2D eigenvalue weighted by Gasteiger charge is -2.25. The van der Waals surface area contributed by atoms with E-state index < -0.39 is 0 Å². The standard InChI is InChI=1S/C12H21N3O2/c1-3-14(4-2)11-5-6-15(7-11)12-13-10(8-16)9-17-12/h9,11,16H,3-8H2,1-2H3. The fourth-order valence-electron chi connectivity index (χ4n) is 2.47. The summed E-state index contributed by atoms with van der Waals surface area (Å²) in [7, 11) is 0. The molecule has 5 nitrogen and oxygen atoms in total. The molecule has 0 spiro atoms. The molecule has 1 atom stereocenters. The predicted octanol–water partition coefficient (Wildman–Crippen LogP) is 1.09. The normalized spacial score (nSPS) is 20.5. The molecule has 0 aromatic carbocycles. The van der Waals surface area contributed by atoms with Gasteiger partial charge in [-0.1, -0.05) is 13.8 Å². The maximum atomic E-state index is 8.96. The second kappa shape index (κ2) is 5.51. The Morgan fingerprint density at radius 1 is 1.53 bits per heavy atom. The van der Waals surface area contributed by atoms with Crippen LogP contribution in [0.3, 0.4) is 0 Å². The molecule has 1 aromatic heterocycles. The van der Waals surface area contributed by atoms with E-state index in [-0.39, 0.29) is 6.61 Å². The molecule has 0 saturated carbocycles. The molecule has 2 heterocycles. The molecule has 96 valence electrons. The van der Waals surface area contributed by atoms with Crippen molar-refractivity contribution in [2.75, 3.05) is 31.1 Å². The number of rotatable bonds is 5. The third kappa shape index (κ3) is 2.61. The second-order valence-corrected chi connectivity index (χ2v) is 4.39. The van der Waals surface area contributed by atoms with E-state index in [1.54, 1.807) is 0 Å². The summed E-state index contributed by atoms with van der Waals surface area (Å²) >= 11 is 0. The number of oxazole rings is 1. The Hall–Kier alpha value is -1.07. The number of hydrogen-bond acceptors (Lipinski definition) is 5. The Morgan fingerprint density at radius 2 is 2.29 bits per heavy atom. The minimum Gasteiger partial charge on any atom is -0.432 e. The van der Waals surface area contributed by atoms with E-state index in [9.17, 15) is 0 Å². The van der Waals surface area contributed by atoms with Crippen molar-refractivity contribution in [3.8, 4) is 0 Å². The molecular weight excluding hydrogens is 218 g/mol. The van der Waals surface area contributed by atoms with Crippen LogP contribution in [0.1, 0.15) is 26.0 Å². The highest BCUT2D eigenvalue weighted by Crippen LogP contribution is 2.22. The minimum atomic E-state index is -0.0587. The molecule has 1 saturated heterocycles.